The van der Waals surface area contributed by atoms with Crippen LogP contribution in [0.3, 0.4) is 0 Å². The van der Waals surface area contributed by atoms with Crippen LogP contribution >= 0.6 is 0 Å². The molecule has 28 heavy (non-hydrogen) atoms. The topological polar surface area (TPSA) is 104 Å². The quantitative estimate of drug-likeness (QED) is 0.727. The van der Waals surface area contributed by atoms with E-state index < -0.39 is 45.8 Å². The highest BCUT2D eigenvalue weighted by Gasteiger charge is 2.50. The van der Waals surface area contributed by atoms with Gasteiger partial charge >= 0.3 is 6.03 Å². The van der Waals surface area contributed by atoms with Gasteiger partial charge in [0, 0.05) is 12.6 Å². The van der Waals surface area contributed by atoms with E-state index >= 15 is 0 Å². The smallest absolute Gasteiger partial charge is 0.325 e. The van der Waals surface area contributed by atoms with Crippen molar-refractivity contribution in [3.8, 4) is 0 Å². The lowest BCUT2D eigenvalue weighted by Crippen LogP contribution is -2.48. The first-order valence-electron chi connectivity index (χ1n) is 9.28. The zero-order valence-corrected chi connectivity index (χ0v) is 17.1. The standard InChI is InChI=1S/C19H25N3O5S/c1-4-21(15-9-10-28(26,27)12-15)16(23)11-22-17(24)19(3,20-18(22)25)14-7-5-13(2)6-8-14/h5-8,15H,4,9-12H2,1-3H3,(H,20,25)/t15-,19-/m1/s1. The van der Waals surface area contributed by atoms with Crippen molar-refractivity contribution >= 4 is 27.7 Å². The zero-order valence-electron chi connectivity index (χ0n) is 16.3. The monoisotopic (exact) mass is 407 g/mol. The Hall–Kier alpha value is -2.42. The van der Waals surface area contributed by atoms with Gasteiger partial charge in [0.25, 0.3) is 5.91 Å². The minimum absolute atomic E-state index is 0.0517. The molecule has 2 saturated heterocycles. The maximum atomic E-state index is 13.0. The molecule has 9 heteroatoms. The second kappa shape index (κ2) is 7.20. The van der Waals surface area contributed by atoms with Crippen LogP contribution in [0.5, 0.6) is 0 Å². The molecule has 2 heterocycles. The minimum Gasteiger partial charge on any atom is -0.337 e. The van der Waals surface area contributed by atoms with Gasteiger partial charge in [-0.05, 0) is 32.8 Å². The summed E-state index contributed by atoms with van der Waals surface area (Å²) in [6.07, 6.45) is 0.378. The van der Waals surface area contributed by atoms with Gasteiger partial charge in [0.2, 0.25) is 5.91 Å². The van der Waals surface area contributed by atoms with Gasteiger partial charge in [-0.15, -0.1) is 0 Å². The van der Waals surface area contributed by atoms with E-state index in [1.165, 1.54) is 4.90 Å². The van der Waals surface area contributed by atoms with Crippen LogP contribution in [0.1, 0.15) is 31.4 Å². The first-order chi connectivity index (χ1) is 13.1. The second-order valence-electron chi connectivity index (χ2n) is 7.55. The van der Waals surface area contributed by atoms with E-state index in [9.17, 15) is 22.8 Å². The molecule has 1 N–H and O–H groups in total. The molecule has 0 saturated carbocycles. The lowest BCUT2D eigenvalue weighted by Gasteiger charge is -2.28. The van der Waals surface area contributed by atoms with Gasteiger partial charge in [-0.3, -0.25) is 14.5 Å². The Bertz CT molecular complexity index is 912. The predicted octanol–water partition coefficient (Wildman–Crippen LogP) is 0.798. The summed E-state index contributed by atoms with van der Waals surface area (Å²) in [6.45, 7) is 5.21. The van der Waals surface area contributed by atoms with Crippen LogP contribution in [-0.2, 0) is 25.0 Å². The molecule has 0 bridgehead atoms. The Balaban J connectivity index is 1.76. The number of benzene rings is 1. The first-order valence-corrected chi connectivity index (χ1v) is 11.1. The predicted molar refractivity (Wildman–Crippen MR) is 103 cm³/mol. The summed E-state index contributed by atoms with van der Waals surface area (Å²) in [5.41, 5.74) is 0.431. The van der Waals surface area contributed by atoms with Crippen molar-refractivity contribution in [3.05, 3.63) is 35.4 Å². The zero-order chi connectivity index (χ0) is 20.7. The Morgan fingerprint density at radius 2 is 1.93 bits per heavy atom. The maximum Gasteiger partial charge on any atom is 0.325 e. The lowest BCUT2D eigenvalue weighted by molar-refractivity contribution is -0.139. The van der Waals surface area contributed by atoms with Crippen molar-refractivity contribution in [1.82, 2.24) is 15.1 Å². The number of likely N-dealkylation sites (N-methyl/N-ethyl adjacent to an activating group) is 1. The molecule has 2 aliphatic heterocycles. The van der Waals surface area contributed by atoms with Gasteiger partial charge in [0.05, 0.1) is 11.5 Å². The third-order valence-electron chi connectivity index (χ3n) is 5.51. The summed E-state index contributed by atoms with van der Waals surface area (Å²) >= 11 is 0. The van der Waals surface area contributed by atoms with E-state index in [2.05, 4.69) is 5.32 Å². The molecule has 0 aliphatic carbocycles. The van der Waals surface area contributed by atoms with Crippen LogP contribution in [0.4, 0.5) is 4.79 Å². The lowest BCUT2D eigenvalue weighted by atomic mass is 9.91. The van der Waals surface area contributed by atoms with Crippen LogP contribution in [0.2, 0.25) is 0 Å². The molecular weight excluding hydrogens is 382 g/mol. The van der Waals surface area contributed by atoms with E-state index in [1.54, 1.807) is 26.0 Å². The molecule has 3 rings (SSSR count). The molecule has 8 nitrogen and oxygen atoms in total. The molecule has 0 spiro atoms. The van der Waals surface area contributed by atoms with Crippen LogP contribution < -0.4 is 5.32 Å². The third kappa shape index (κ3) is 3.63. The van der Waals surface area contributed by atoms with Crippen molar-refractivity contribution in [2.75, 3.05) is 24.6 Å². The van der Waals surface area contributed by atoms with E-state index in [4.69, 9.17) is 0 Å². The highest BCUT2D eigenvalue weighted by molar-refractivity contribution is 7.91. The summed E-state index contributed by atoms with van der Waals surface area (Å²) in [4.78, 5) is 40.5. The Kier molecular flexibility index (Phi) is 5.22. The summed E-state index contributed by atoms with van der Waals surface area (Å²) in [7, 11) is -3.14. The average Bonchev–Trinajstić information content (AvgIpc) is 3.08. The SMILES string of the molecule is CCN(C(=O)CN1C(=O)N[C@](C)(c2ccc(C)cc2)C1=O)[C@@H]1CCS(=O)(=O)C1. The normalized spacial score (nSPS) is 26.4. The molecule has 152 valence electrons. The number of carbonyl (C=O) groups is 3. The number of rotatable bonds is 5. The van der Waals surface area contributed by atoms with Gasteiger partial charge in [0.1, 0.15) is 12.1 Å². The van der Waals surface area contributed by atoms with Crippen molar-refractivity contribution in [2.24, 2.45) is 0 Å². The van der Waals surface area contributed by atoms with Crippen LogP contribution in [-0.4, -0.2) is 66.7 Å². The van der Waals surface area contributed by atoms with E-state index in [0.717, 1.165) is 10.5 Å². The number of nitrogens with zero attached hydrogens (tertiary/aromatic N) is 2. The Morgan fingerprint density at radius 3 is 2.46 bits per heavy atom. The summed E-state index contributed by atoms with van der Waals surface area (Å²) in [5.74, 6) is -0.949. The van der Waals surface area contributed by atoms with E-state index in [1.807, 2.05) is 19.1 Å². The minimum atomic E-state index is -3.14. The highest BCUT2D eigenvalue weighted by Crippen LogP contribution is 2.29. The molecule has 2 fully saturated rings. The number of urea groups is 1. The molecule has 0 radical (unpaired) electrons. The van der Waals surface area contributed by atoms with Gasteiger partial charge in [-0.2, -0.15) is 0 Å². The number of hydrogen-bond acceptors (Lipinski definition) is 5. The number of aryl methyl sites for hydroxylation is 1. The van der Waals surface area contributed by atoms with Gasteiger partial charge in [0.15, 0.2) is 9.84 Å². The molecule has 0 unspecified atom stereocenters. The largest absolute Gasteiger partial charge is 0.337 e. The fraction of sp³-hybridized carbons (Fsp3) is 0.526. The fourth-order valence-corrected chi connectivity index (χ4v) is 5.54. The van der Waals surface area contributed by atoms with Crippen LogP contribution in [0.25, 0.3) is 0 Å². The third-order valence-corrected chi connectivity index (χ3v) is 7.26. The molecule has 2 aliphatic rings. The van der Waals surface area contributed by atoms with Crippen molar-refractivity contribution < 1.29 is 22.8 Å². The van der Waals surface area contributed by atoms with Crippen LogP contribution in [0, 0.1) is 6.92 Å². The fourth-order valence-electron chi connectivity index (χ4n) is 3.81. The number of nitrogens with one attached hydrogen (secondary N) is 1. The summed E-state index contributed by atoms with van der Waals surface area (Å²) < 4.78 is 23.5. The second-order valence-corrected chi connectivity index (χ2v) is 9.78. The number of amides is 4. The molecule has 4 amide bonds. The van der Waals surface area contributed by atoms with Gasteiger partial charge in [-0.25, -0.2) is 13.2 Å². The van der Waals surface area contributed by atoms with Gasteiger partial charge < -0.3 is 10.2 Å². The number of hydrogen-bond donors (Lipinski definition) is 1. The first kappa shape index (κ1) is 20.3. The van der Waals surface area contributed by atoms with Crippen molar-refractivity contribution in [1.29, 1.82) is 0 Å². The van der Waals surface area contributed by atoms with E-state index in [0.29, 0.717) is 18.5 Å². The van der Waals surface area contributed by atoms with Crippen LogP contribution in [0.15, 0.2) is 24.3 Å². The average molecular weight is 407 g/mol. The number of carbonyl (C=O) groups excluding carboxylic acids is 3. The molecule has 1 aromatic rings. The summed E-state index contributed by atoms with van der Waals surface area (Å²) in [5, 5.41) is 2.68. The maximum absolute atomic E-state index is 13.0. The molecular formula is C19H25N3O5S. The number of imide groups is 1. The Labute approximate surface area is 164 Å². The number of sulfone groups is 1. The van der Waals surface area contributed by atoms with Gasteiger partial charge in [-0.1, -0.05) is 29.8 Å². The Morgan fingerprint density at radius 1 is 1.29 bits per heavy atom. The van der Waals surface area contributed by atoms with Crippen molar-refractivity contribution in [2.45, 2.75) is 38.8 Å². The molecule has 2 atom stereocenters. The van der Waals surface area contributed by atoms with Crippen molar-refractivity contribution in [3.63, 3.8) is 0 Å². The van der Waals surface area contributed by atoms with E-state index in [-0.39, 0.29) is 11.5 Å². The molecule has 1 aromatic carbocycles. The summed E-state index contributed by atoms with van der Waals surface area (Å²) in [6, 6.07) is 6.23. The molecule has 0 aromatic heterocycles. The highest BCUT2D eigenvalue weighted by atomic mass is 32.2.